The Morgan fingerprint density at radius 2 is 1.71 bits per heavy atom. The molecule has 0 saturated heterocycles. The molecule has 0 aliphatic rings. The fourth-order valence-corrected chi connectivity index (χ4v) is 2.15. The van der Waals surface area contributed by atoms with Gasteiger partial charge in [-0.1, -0.05) is 28.1 Å². The molecule has 4 heteroatoms. The Labute approximate surface area is 133 Å². The van der Waals surface area contributed by atoms with Crippen molar-refractivity contribution in [3.8, 4) is 5.75 Å². The average Bonchev–Trinajstić information content (AvgIpc) is 2.43. The van der Waals surface area contributed by atoms with Crippen LogP contribution in [-0.4, -0.2) is 12.0 Å². The van der Waals surface area contributed by atoms with Crippen LogP contribution in [0.3, 0.4) is 0 Å². The number of hydrogen-bond donors (Lipinski definition) is 1. The van der Waals surface area contributed by atoms with Crippen molar-refractivity contribution in [2.45, 2.75) is 26.4 Å². The molecule has 1 amide bonds. The van der Waals surface area contributed by atoms with Crippen LogP contribution in [0.25, 0.3) is 0 Å². The molecule has 0 fully saturated rings. The molecule has 0 aromatic heterocycles. The number of hydrogen-bond acceptors (Lipinski definition) is 2. The van der Waals surface area contributed by atoms with E-state index in [1.165, 1.54) is 0 Å². The highest BCUT2D eigenvalue weighted by atomic mass is 79.9. The zero-order valence-corrected chi connectivity index (χ0v) is 13.7. The van der Waals surface area contributed by atoms with Gasteiger partial charge in [0.2, 0.25) is 5.91 Å². The van der Waals surface area contributed by atoms with Crippen molar-refractivity contribution in [3.63, 3.8) is 0 Å². The third-order valence-electron chi connectivity index (χ3n) is 2.79. The minimum atomic E-state index is -0.0325. The number of amides is 1. The topological polar surface area (TPSA) is 38.3 Å². The molecule has 0 unspecified atom stereocenters. The molecule has 0 spiro atoms. The summed E-state index contributed by atoms with van der Waals surface area (Å²) in [5, 5.41) is 2.88. The quantitative estimate of drug-likeness (QED) is 0.869. The summed E-state index contributed by atoms with van der Waals surface area (Å²) in [6, 6.07) is 15.1. The number of anilines is 1. The molecule has 0 saturated carbocycles. The van der Waals surface area contributed by atoms with Crippen LogP contribution in [0.15, 0.2) is 53.0 Å². The summed E-state index contributed by atoms with van der Waals surface area (Å²) in [5.41, 5.74) is 1.75. The van der Waals surface area contributed by atoms with Crippen LogP contribution in [0.4, 0.5) is 5.69 Å². The van der Waals surface area contributed by atoms with Crippen LogP contribution in [0, 0.1) is 0 Å². The maximum Gasteiger partial charge on any atom is 0.228 e. The number of carbonyl (C=O) groups is 1. The molecule has 21 heavy (non-hydrogen) atoms. The highest BCUT2D eigenvalue weighted by molar-refractivity contribution is 9.10. The molecule has 0 aliphatic carbocycles. The van der Waals surface area contributed by atoms with Crippen LogP contribution in [0.2, 0.25) is 0 Å². The summed E-state index contributed by atoms with van der Waals surface area (Å²) in [7, 11) is 0. The number of ether oxygens (including phenoxy) is 1. The van der Waals surface area contributed by atoms with Gasteiger partial charge in [0.15, 0.2) is 0 Å². The van der Waals surface area contributed by atoms with Crippen LogP contribution >= 0.6 is 15.9 Å². The lowest BCUT2D eigenvalue weighted by molar-refractivity contribution is -0.115. The summed E-state index contributed by atoms with van der Waals surface area (Å²) in [6.45, 7) is 3.96. The number of nitrogens with one attached hydrogen (secondary N) is 1. The van der Waals surface area contributed by atoms with Gasteiger partial charge in [-0.2, -0.15) is 0 Å². The van der Waals surface area contributed by atoms with Gasteiger partial charge in [0.25, 0.3) is 0 Å². The van der Waals surface area contributed by atoms with E-state index < -0.39 is 0 Å². The highest BCUT2D eigenvalue weighted by Crippen LogP contribution is 2.17. The molecule has 1 N–H and O–H groups in total. The van der Waals surface area contributed by atoms with Gasteiger partial charge in [0, 0.05) is 10.2 Å². The summed E-state index contributed by atoms with van der Waals surface area (Å²) in [4.78, 5) is 12.0. The third kappa shape index (κ3) is 5.23. The van der Waals surface area contributed by atoms with Crippen molar-refractivity contribution in [1.29, 1.82) is 0 Å². The van der Waals surface area contributed by atoms with Gasteiger partial charge in [-0.15, -0.1) is 0 Å². The second-order valence-corrected chi connectivity index (χ2v) is 5.96. The smallest absolute Gasteiger partial charge is 0.228 e. The molecule has 2 rings (SSSR count). The van der Waals surface area contributed by atoms with Gasteiger partial charge in [0.05, 0.1) is 12.5 Å². The van der Waals surface area contributed by atoms with Crippen molar-refractivity contribution in [3.05, 3.63) is 58.6 Å². The fraction of sp³-hybridized carbons (Fsp3) is 0.235. The normalized spacial score (nSPS) is 10.5. The van der Waals surface area contributed by atoms with Crippen molar-refractivity contribution in [2.75, 3.05) is 5.32 Å². The molecule has 0 radical (unpaired) electrons. The molecular formula is C17H18BrNO2. The van der Waals surface area contributed by atoms with Crippen molar-refractivity contribution < 1.29 is 9.53 Å². The van der Waals surface area contributed by atoms with Crippen molar-refractivity contribution in [2.24, 2.45) is 0 Å². The summed E-state index contributed by atoms with van der Waals surface area (Å²) >= 11 is 3.38. The minimum absolute atomic E-state index is 0.0325. The predicted octanol–water partition coefficient (Wildman–Crippen LogP) is 4.42. The molecule has 110 valence electrons. The van der Waals surface area contributed by atoms with Crippen molar-refractivity contribution in [1.82, 2.24) is 0 Å². The first-order valence-electron chi connectivity index (χ1n) is 6.84. The lowest BCUT2D eigenvalue weighted by Crippen LogP contribution is -2.14. The lowest BCUT2D eigenvalue weighted by Gasteiger charge is -2.10. The molecule has 2 aromatic carbocycles. The van der Waals surface area contributed by atoms with E-state index in [1.807, 2.05) is 62.4 Å². The first-order valence-corrected chi connectivity index (χ1v) is 7.63. The molecule has 0 bridgehead atoms. The van der Waals surface area contributed by atoms with E-state index in [4.69, 9.17) is 4.74 Å². The second kappa shape index (κ2) is 7.27. The first-order chi connectivity index (χ1) is 10.0. The van der Waals surface area contributed by atoms with Gasteiger partial charge >= 0.3 is 0 Å². The molecule has 3 nitrogen and oxygen atoms in total. The Balaban J connectivity index is 1.91. The highest BCUT2D eigenvalue weighted by Gasteiger charge is 2.05. The van der Waals surface area contributed by atoms with Crippen LogP contribution in [0.1, 0.15) is 19.4 Å². The Bertz CT molecular complexity index is 591. The van der Waals surface area contributed by atoms with E-state index in [9.17, 15) is 4.79 Å². The third-order valence-corrected chi connectivity index (χ3v) is 3.32. The zero-order chi connectivity index (χ0) is 15.2. The summed E-state index contributed by atoms with van der Waals surface area (Å²) in [6.07, 6.45) is 0.500. The van der Waals surface area contributed by atoms with Crippen LogP contribution in [-0.2, 0) is 11.2 Å². The van der Waals surface area contributed by atoms with Gasteiger partial charge in [-0.05, 0) is 55.8 Å². The van der Waals surface area contributed by atoms with Crippen LogP contribution < -0.4 is 10.1 Å². The lowest BCUT2D eigenvalue weighted by atomic mass is 10.1. The number of halogens is 1. The second-order valence-electron chi connectivity index (χ2n) is 5.04. The Morgan fingerprint density at radius 3 is 2.29 bits per heavy atom. The van der Waals surface area contributed by atoms with Crippen LogP contribution in [0.5, 0.6) is 5.75 Å². The standard InChI is InChI=1S/C17H18BrNO2/c1-12(2)21-16-9-7-15(8-10-16)19-17(20)11-13-3-5-14(18)6-4-13/h3-10,12H,11H2,1-2H3,(H,19,20). The van der Waals surface area contributed by atoms with E-state index >= 15 is 0 Å². The maximum atomic E-state index is 12.0. The van der Waals surface area contributed by atoms with Gasteiger partial charge in [0.1, 0.15) is 5.75 Å². The van der Waals surface area contributed by atoms with E-state index in [-0.39, 0.29) is 12.0 Å². The monoisotopic (exact) mass is 347 g/mol. The Hall–Kier alpha value is -1.81. The predicted molar refractivity (Wildman–Crippen MR) is 88.7 cm³/mol. The molecule has 0 heterocycles. The van der Waals surface area contributed by atoms with Gasteiger partial charge in [-0.25, -0.2) is 0 Å². The average molecular weight is 348 g/mol. The summed E-state index contributed by atoms with van der Waals surface area (Å²) < 4.78 is 6.57. The SMILES string of the molecule is CC(C)Oc1ccc(NC(=O)Cc2ccc(Br)cc2)cc1. The number of benzene rings is 2. The maximum absolute atomic E-state index is 12.0. The Kier molecular flexibility index (Phi) is 5.39. The first kappa shape index (κ1) is 15.6. The molecular weight excluding hydrogens is 330 g/mol. The number of carbonyl (C=O) groups excluding carboxylic acids is 1. The molecule has 0 aliphatic heterocycles. The molecule has 0 atom stereocenters. The zero-order valence-electron chi connectivity index (χ0n) is 12.1. The van der Waals surface area contributed by atoms with Gasteiger partial charge in [-0.3, -0.25) is 4.79 Å². The molecule has 2 aromatic rings. The van der Waals surface area contributed by atoms with E-state index in [2.05, 4.69) is 21.2 Å². The Morgan fingerprint density at radius 1 is 1.10 bits per heavy atom. The van der Waals surface area contributed by atoms with Gasteiger partial charge < -0.3 is 10.1 Å². The van der Waals surface area contributed by atoms with E-state index in [0.717, 1.165) is 21.5 Å². The number of rotatable bonds is 5. The summed E-state index contributed by atoms with van der Waals surface area (Å²) in [5.74, 6) is 0.769. The van der Waals surface area contributed by atoms with E-state index in [0.29, 0.717) is 6.42 Å². The minimum Gasteiger partial charge on any atom is -0.491 e. The van der Waals surface area contributed by atoms with Crippen molar-refractivity contribution >= 4 is 27.5 Å². The van der Waals surface area contributed by atoms with E-state index in [1.54, 1.807) is 0 Å². The largest absolute Gasteiger partial charge is 0.491 e. The fourth-order valence-electron chi connectivity index (χ4n) is 1.88.